The number of urea groups is 1. The highest BCUT2D eigenvalue weighted by Crippen LogP contribution is 2.14. The summed E-state index contributed by atoms with van der Waals surface area (Å²) in [7, 11) is 1.43. The van der Waals surface area contributed by atoms with Crippen LogP contribution >= 0.6 is 12.2 Å². The summed E-state index contributed by atoms with van der Waals surface area (Å²) in [5.41, 5.74) is 6.42. The van der Waals surface area contributed by atoms with Crippen LogP contribution in [0.15, 0.2) is 24.3 Å². The van der Waals surface area contributed by atoms with Crippen LogP contribution < -0.4 is 21.1 Å². The summed E-state index contributed by atoms with van der Waals surface area (Å²) in [6.45, 7) is 1.56. The number of benzene rings is 1. The minimum Gasteiger partial charge on any atom is -0.481 e. The smallest absolute Gasteiger partial charge is 0.321 e. The van der Waals surface area contributed by atoms with E-state index in [1.54, 1.807) is 19.1 Å². The number of nitrogens with two attached hydrogens (primary N) is 1. The number of carbonyl (C=O) groups excluding carboxylic acids is 2. The van der Waals surface area contributed by atoms with Gasteiger partial charge in [-0.25, -0.2) is 4.79 Å². The fourth-order valence-electron chi connectivity index (χ4n) is 1.42. The van der Waals surface area contributed by atoms with Gasteiger partial charge in [-0.15, -0.1) is 0 Å². The molecule has 6 nitrogen and oxygen atoms in total. The van der Waals surface area contributed by atoms with Crippen molar-refractivity contribution in [1.29, 1.82) is 0 Å². The van der Waals surface area contributed by atoms with Crippen molar-refractivity contribution in [3.05, 3.63) is 29.8 Å². The highest BCUT2D eigenvalue weighted by molar-refractivity contribution is 7.80. The summed E-state index contributed by atoms with van der Waals surface area (Å²) >= 11 is 4.82. The average Bonchev–Trinajstić information content (AvgIpc) is 2.40. The second kappa shape index (κ2) is 7.44. The molecule has 1 aromatic carbocycles. The third-order valence-corrected chi connectivity index (χ3v) is 2.59. The number of hydrogen-bond donors (Lipinski definition) is 3. The van der Waals surface area contributed by atoms with Crippen molar-refractivity contribution < 1.29 is 14.3 Å². The number of amides is 3. The van der Waals surface area contributed by atoms with Crippen LogP contribution in [0, 0.1) is 0 Å². The molecule has 108 valence electrons. The summed E-state index contributed by atoms with van der Waals surface area (Å²) in [4.78, 5) is 23.0. The summed E-state index contributed by atoms with van der Waals surface area (Å²) in [5.74, 6) is 0.00723. The Balaban J connectivity index is 2.57. The van der Waals surface area contributed by atoms with E-state index in [4.69, 9.17) is 22.7 Å². The first kappa shape index (κ1) is 15.9. The first-order valence-corrected chi connectivity index (χ1v) is 6.39. The molecule has 0 saturated carbocycles. The number of hydrogen-bond acceptors (Lipinski definition) is 4. The number of thiocarbonyl (C=S) groups is 1. The first-order valence-electron chi connectivity index (χ1n) is 5.99. The lowest BCUT2D eigenvalue weighted by Gasteiger charge is -2.14. The van der Waals surface area contributed by atoms with Crippen LogP contribution in [-0.4, -0.2) is 30.1 Å². The zero-order valence-electron chi connectivity index (χ0n) is 11.3. The Morgan fingerprint density at radius 2 is 1.95 bits per heavy atom. The first-order chi connectivity index (χ1) is 9.42. The minimum absolute atomic E-state index is 0.414. The molecule has 0 spiro atoms. The van der Waals surface area contributed by atoms with E-state index in [2.05, 4.69) is 10.6 Å². The van der Waals surface area contributed by atoms with Gasteiger partial charge in [0.15, 0.2) is 6.10 Å². The summed E-state index contributed by atoms with van der Waals surface area (Å²) in [5, 5.41) is 4.43. The molecule has 1 unspecified atom stereocenters. The summed E-state index contributed by atoms with van der Waals surface area (Å²) < 4.78 is 5.43. The quantitative estimate of drug-likeness (QED) is 0.697. The van der Waals surface area contributed by atoms with Crippen LogP contribution in [0.1, 0.15) is 12.5 Å². The maximum absolute atomic E-state index is 11.6. The van der Waals surface area contributed by atoms with E-state index < -0.39 is 18.0 Å². The van der Waals surface area contributed by atoms with Gasteiger partial charge in [-0.1, -0.05) is 24.4 Å². The van der Waals surface area contributed by atoms with Crippen molar-refractivity contribution in [2.24, 2.45) is 5.73 Å². The molecule has 0 aliphatic carbocycles. The lowest BCUT2D eigenvalue weighted by molar-refractivity contribution is -0.126. The number of rotatable bonds is 5. The van der Waals surface area contributed by atoms with E-state index in [1.165, 1.54) is 7.05 Å². The topological polar surface area (TPSA) is 93.5 Å². The van der Waals surface area contributed by atoms with Crippen molar-refractivity contribution in [3.63, 3.8) is 0 Å². The Hall–Kier alpha value is -2.15. The molecule has 20 heavy (non-hydrogen) atoms. The highest BCUT2D eigenvalue weighted by atomic mass is 32.1. The molecule has 0 aromatic heterocycles. The van der Waals surface area contributed by atoms with E-state index in [1.807, 2.05) is 12.1 Å². The Labute approximate surface area is 122 Å². The molecule has 4 N–H and O–H groups in total. The highest BCUT2D eigenvalue weighted by Gasteiger charge is 2.16. The normalized spacial score (nSPS) is 11.3. The van der Waals surface area contributed by atoms with Gasteiger partial charge < -0.3 is 15.8 Å². The molecule has 1 aromatic rings. The van der Waals surface area contributed by atoms with Gasteiger partial charge in [0.05, 0.1) is 4.99 Å². The van der Waals surface area contributed by atoms with Crippen LogP contribution in [0.2, 0.25) is 0 Å². The molecule has 0 fully saturated rings. The van der Waals surface area contributed by atoms with E-state index in [9.17, 15) is 9.59 Å². The minimum atomic E-state index is -0.784. The Kier molecular flexibility index (Phi) is 5.92. The third kappa shape index (κ3) is 5.23. The molecule has 1 rings (SSSR count). The summed E-state index contributed by atoms with van der Waals surface area (Å²) in [6, 6.07) is 6.50. The van der Waals surface area contributed by atoms with Crippen molar-refractivity contribution >= 4 is 29.1 Å². The Morgan fingerprint density at radius 3 is 2.45 bits per heavy atom. The average molecular weight is 295 g/mol. The molecule has 0 heterocycles. The molecule has 0 bridgehead atoms. The number of nitrogens with one attached hydrogen (secondary N) is 2. The van der Waals surface area contributed by atoms with Gasteiger partial charge in [-0.2, -0.15) is 0 Å². The van der Waals surface area contributed by atoms with E-state index in [-0.39, 0.29) is 0 Å². The second-order valence-corrected chi connectivity index (χ2v) is 4.64. The Morgan fingerprint density at radius 1 is 1.35 bits per heavy atom. The molecule has 0 saturated heterocycles. The third-order valence-electron chi connectivity index (χ3n) is 2.45. The fourth-order valence-corrected chi connectivity index (χ4v) is 1.59. The zero-order chi connectivity index (χ0) is 15.1. The van der Waals surface area contributed by atoms with Gasteiger partial charge in [0.25, 0.3) is 5.91 Å². The van der Waals surface area contributed by atoms with Crippen molar-refractivity contribution in [3.8, 4) is 5.75 Å². The van der Waals surface area contributed by atoms with Crippen LogP contribution in [-0.2, 0) is 11.2 Å². The van der Waals surface area contributed by atoms with E-state index in [0.29, 0.717) is 17.2 Å². The maximum Gasteiger partial charge on any atom is 0.321 e. The van der Waals surface area contributed by atoms with Crippen molar-refractivity contribution in [2.45, 2.75) is 19.4 Å². The van der Waals surface area contributed by atoms with Gasteiger partial charge in [-0.05, 0) is 24.6 Å². The fraction of sp³-hybridized carbons (Fsp3) is 0.308. The second-order valence-electron chi connectivity index (χ2n) is 4.12. The summed E-state index contributed by atoms with van der Waals surface area (Å²) in [6.07, 6.45) is -0.267. The predicted molar refractivity (Wildman–Crippen MR) is 79.6 cm³/mol. The van der Waals surface area contributed by atoms with E-state index >= 15 is 0 Å². The molecule has 3 amide bonds. The molecule has 0 radical (unpaired) electrons. The number of carbonyl (C=O) groups is 2. The molecular weight excluding hydrogens is 278 g/mol. The maximum atomic E-state index is 11.6. The van der Waals surface area contributed by atoms with Gasteiger partial charge in [0.2, 0.25) is 0 Å². The number of ether oxygens (including phenoxy) is 1. The lowest BCUT2D eigenvalue weighted by atomic mass is 10.1. The molecule has 0 aliphatic heterocycles. The largest absolute Gasteiger partial charge is 0.481 e. The van der Waals surface area contributed by atoms with Gasteiger partial charge in [0.1, 0.15) is 5.75 Å². The van der Waals surface area contributed by atoms with Gasteiger partial charge >= 0.3 is 6.03 Å². The van der Waals surface area contributed by atoms with Gasteiger partial charge in [0, 0.05) is 13.5 Å². The number of imide groups is 1. The van der Waals surface area contributed by atoms with Crippen molar-refractivity contribution in [1.82, 2.24) is 10.6 Å². The predicted octanol–water partition coefficient (Wildman–Crippen LogP) is 0.738. The molecular formula is C13H17N3O3S. The van der Waals surface area contributed by atoms with E-state index in [0.717, 1.165) is 5.56 Å². The van der Waals surface area contributed by atoms with Crippen LogP contribution in [0.5, 0.6) is 5.75 Å². The van der Waals surface area contributed by atoms with Crippen molar-refractivity contribution in [2.75, 3.05) is 7.05 Å². The molecule has 7 heteroatoms. The standard InChI is InChI=1S/C13H17N3O3S/c1-8(12(17)16-13(18)15-2)19-10-5-3-9(4-6-10)7-11(14)20/h3-6,8H,7H2,1-2H3,(H2,14,20)(H2,15,16,17,18). The molecule has 1 atom stereocenters. The van der Waals surface area contributed by atoms with Crippen LogP contribution in [0.3, 0.4) is 0 Å². The van der Waals surface area contributed by atoms with Crippen LogP contribution in [0.4, 0.5) is 4.79 Å². The molecule has 0 aliphatic rings. The van der Waals surface area contributed by atoms with Crippen LogP contribution in [0.25, 0.3) is 0 Å². The zero-order valence-corrected chi connectivity index (χ0v) is 12.1. The SMILES string of the molecule is CNC(=O)NC(=O)C(C)Oc1ccc(CC(N)=S)cc1. The Bertz CT molecular complexity index is 502. The lowest BCUT2D eigenvalue weighted by Crippen LogP contribution is -2.43. The monoisotopic (exact) mass is 295 g/mol. The van der Waals surface area contributed by atoms with Gasteiger partial charge in [-0.3, -0.25) is 10.1 Å².